The van der Waals surface area contributed by atoms with E-state index in [1.54, 1.807) is 0 Å². The third-order valence-electron chi connectivity index (χ3n) is 2.48. The van der Waals surface area contributed by atoms with Crippen LogP contribution in [0.3, 0.4) is 0 Å². The van der Waals surface area contributed by atoms with Crippen LogP contribution in [0.25, 0.3) is 0 Å². The van der Waals surface area contributed by atoms with E-state index < -0.39 is 0 Å². The van der Waals surface area contributed by atoms with Gasteiger partial charge >= 0.3 is 5.97 Å². The minimum absolute atomic E-state index is 0.181. The molecule has 0 aromatic heterocycles. The highest BCUT2D eigenvalue weighted by Crippen LogP contribution is 2.26. The van der Waals surface area contributed by atoms with E-state index in [9.17, 15) is 4.79 Å². The summed E-state index contributed by atoms with van der Waals surface area (Å²) in [5, 5.41) is 0. The number of hydrogen-bond acceptors (Lipinski definition) is 3. The molecule has 3 nitrogen and oxygen atoms in total. The van der Waals surface area contributed by atoms with E-state index >= 15 is 0 Å². The fourth-order valence-corrected chi connectivity index (χ4v) is 1.85. The van der Waals surface area contributed by atoms with Gasteiger partial charge in [0.2, 0.25) is 0 Å². The van der Waals surface area contributed by atoms with E-state index in [1.807, 2.05) is 25.1 Å². The Kier molecular flexibility index (Phi) is 4.76. The van der Waals surface area contributed by atoms with Crippen molar-refractivity contribution >= 4 is 5.97 Å². The highest BCUT2D eigenvalue weighted by Gasteiger charge is 2.17. The maximum Gasteiger partial charge on any atom is 0.341 e. The van der Waals surface area contributed by atoms with Crippen LogP contribution in [0.1, 0.15) is 43.6 Å². The molecule has 0 bridgehead atoms. The number of carbonyl (C=O) groups excluding carboxylic acids is 1. The van der Waals surface area contributed by atoms with Crippen molar-refractivity contribution in [3.63, 3.8) is 0 Å². The minimum Gasteiger partial charge on any atom is -0.493 e. The molecule has 0 heterocycles. The quantitative estimate of drug-likeness (QED) is 0.768. The molecule has 0 atom stereocenters. The molecule has 0 aliphatic rings. The third-order valence-corrected chi connectivity index (χ3v) is 2.48. The van der Waals surface area contributed by atoms with Gasteiger partial charge in [0.05, 0.1) is 13.7 Å². The van der Waals surface area contributed by atoms with Gasteiger partial charge in [-0.3, -0.25) is 0 Å². The molecule has 0 saturated heterocycles. The van der Waals surface area contributed by atoms with Crippen LogP contribution in [0.2, 0.25) is 0 Å². The number of hydrogen-bond donors (Lipinski definition) is 0. The highest BCUT2D eigenvalue weighted by molar-refractivity contribution is 5.92. The Labute approximate surface area is 109 Å². The third kappa shape index (κ3) is 4.06. The zero-order chi connectivity index (χ0) is 13.8. The Balaban J connectivity index is 3.08. The van der Waals surface area contributed by atoms with Crippen molar-refractivity contribution in [1.82, 2.24) is 0 Å². The molecule has 0 spiro atoms. The number of benzene rings is 1. The van der Waals surface area contributed by atoms with Gasteiger partial charge in [-0.2, -0.15) is 0 Å². The van der Waals surface area contributed by atoms with Crippen LogP contribution in [0.15, 0.2) is 18.2 Å². The summed E-state index contributed by atoms with van der Waals surface area (Å²) in [7, 11) is 1.38. The first kappa shape index (κ1) is 14.6. The molecule has 0 radical (unpaired) electrons. The topological polar surface area (TPSA) is 35.5 Å². The first-order valence-electron chi connectivity index (χ1n) is 6.21. The molecule has 0 N–H and O–H groups in total. The lowest BCUT2D eigenvalue weighted by molar-refractivity contribution is 0.0596. The van der Waals surface area contributed by atoms with E-state index in [1.165, 1.54) is 7.11 Å². The van der Waals surface area contributed by atoms with E-state index in [0.717, 1.165) is 12.0 Å². The largest absolute Gasteiger partial charge is 0.493 e. The van der Waals surface area contributed by atoms with Gasteiger partial charge in [-0.15, -0.1) is 0 Å². The van der Waals surface area contributed by atoms with Crippen LogP contribution in [0, 0.1) is 5.41 Å². The second-order valence-electron chi connectivity index (χ2n) is 5.49. The summed E-state index contributed by atoms with van der Waals surface area (Å²) in [6.07, 6.45) is 0.906. The van der Waals surface area contributed by atoms with Gasteiger partial charge in [-0.05, 0) is 36.5 Å². The molecule has 0 unspecified atom stereocenters. The molecule has 0 saturated carbocycles. The average molecular weight is 250 g/mol. The summed E-state index contributed by atoms with van der Waals surface area (Å²) in [5.41, 5.74) is 1.80. The molecule has 1 aromatic carbocycles. The minimum atomic E-state index is -0.353. The van der Waals surface area contributed by atoms with Gasteiger partial charge in [0.1, 0.15) is 11.3 Å². The molecule has 0 fully saturated rings. The number of methoxy groups -OCH3 is 1. The fraction of sp³-hybridized carbons (Fsp3) is 0.533. The van der Waals surface area contributed by atoms with Crippen molar-refractivity contribution in [2.45, 2.75) is 34.1 Å². The van der Waals surface area contributed by atoms with Gasteiger partial charge < -0.3 is 9.47 Å². The number of ether oxygens (including phenoxy) is 2. The van der Waals surface area contributed by atoms with Gasteiger partial charge in [0.15, 0.2) is 0 Å². The van der Waals surface area contributed by atoms with Crippen molar-refractivity contribution in [3.8, 4) is 5.75 Å². The molecular formula is C15H22O3. The van der Waals surface area contributed by atoms with Gasteiger partial charge in [-0.1, -0.05) is 26.8 Å². The predicted molar refractivity (Wildman–Crippen MR) is 72.1 cm³/mol. The Hall–Kier alpha value is -1.51. The Morgan fingerprint density at radius 3 is 2.44 bits per heavy atom. The number of carbonyl (C=O) groups is 1. The molecule has 18 heavy (non-hydrogen) atoms. The number of rotatable bonds is 4. The van der Waals surface area contributed by atoms with E-state index in [2.05, 4.69) is 20.8 Å². The standard InChI is InChI=1S/C15H22O3/c1-6-18-13-8-7-11(10-15(2,3)4)9-12(13)14(16)17-5/h7-9H,6,10H2,1-5H3. The van der Waals surface area contributed by atoms with E-state index in [0.29, 0.717) is 17.9 Å². The fourth-order valence-electron chi connectivity index (χ4n) is 1.85. The molecule has 100 valence electrons. The van der Waals surface area contributed by atoms with Crippen molar-refractivity contribution in [3.05, 3.63) is 29.3 Å². The Morgan fingerprint density at radius 2 is 1.94 bits per heavy atom. The molecule has 0 aliphatic carbocycles. The summed E-state index contributed by atoms with van der Waals surface area (Å²) >= 11 is 0. The molecule has 0 amide bonds. The van der Waals surface area contributed by atoms with Gasteiger partial charge in [0.25, 0.3) is 0 Å². The maximum atomic E-state index is 11.7. The molecule has 1 rings (SSSR count). The van der Waals surface area contributed by atoms with Gasteiger partial charge in [0, 0.05) is 0 Å². The van der Waals surface area contributed by atoms with E-state index in [-0.39, 0.29) is 11.4 Å². The lowest BCUT2D eigenvalue weighted by atomic mass is 9.87. The predicted octanol–water partition coefficient (Wildman–Crippen LogP) is 3.46. The number of esters is 1. The summed E-state index contributed by atoms with van der Waals surface area (Å²) in [4.78, 5) is 11.7. The first-order valence-corrected chi connectivity index (χ1v) is 6.21. The average Bonchev–Trinajstić information content (AvgIpc) is 2.28. The van der Waals surface area contributed by atoms with Crippen LogP contribution < -0.4 is 4.74 Å². The van der Waals surface area contributed by atoms with Crippen LogP contribution in [0.4, 0.5) is 0 Å². The molecule has 0 aliphatic heterocycles. The maximum absolute atomic E-state index is 11.7. The normalized spacial score (nSPS) is 11.2. The van der Waals surface area contributed by atoms with Crippen molar-refractivity contribution in [2.24, 2.45) is 5.41 Å². The van der Waals surface area contributed by atoms with Crippen molar-refractivity contribution in [1.29, 1.82) is 0 Å². The second kappa shape index (κ2) is 5.89. The zero-order valence-electron chi connectivity index (χ0n) is 11.9. The molecule has 3 heteroatoms. The van der Waals surface area contributed by atoms with Crippen LogP contribution in [-0.2, 0) is 11.2 Å². The smallest absolute Gasteiger partial charge is 0.341 e. The SMILES string of the molecule is CCOc1ccc(CC(C)(C)C)cc1C(=O)OC. The van der Waals surface area contributed by atoms with Crippen molar-refractivity contribution in [2.75, 3.05) is 13.7 Å². The van der Waals surface area contributed by atoms with Crippen LogP contribution in [-0.4, -0.2) is 19.7 Å². The summed E-state index contributed by atoms with van der Waals surface area (Å²) in [6, 6.07) is 5.71. The highest BCUT2D eigenvalue weighted by atomic mass is 16.5. The Morgan fingerprint density at radius 1 is 1.28 bits per heavy atom. The Bertz CT molecular complexity index is 416. The van der Waals surface area contributed by atoms with Gasteiger partial charge in [-0.25, -0.2) is 4.79 Å². The lowest BCUT2D eigenvalue weighted by Gasteiger charge is -2.19. The lowest BCUT2D eigenvalue weighted by Crippen LogP contribution is -2.11. The summed E-state index contributed by atoms with van der Waals surface area (Å²) < 4.78 is 10.2. The zero-order valence-corrected chi connectivity index (χ0v) is 11.9. The molecular weight excluding hydrogens is 228 g/mol. The van der Waals surface area contributed by atoms with Crippen molar-refractivity contribution < 1.29 is 14.3 Å². The molecule has 1 aromatic rings. The van der Waals surface area contributed by atoms with Crippen LogP contribution in [0.5, 0.6) is 5.75 Å². The van der Waals surface area contributed by atoms with E-state index in [4.69, 9.17) is 9.47 Å². The summed E-state index contributed by atoms with van der Waals surface area (Å²) in [5.74, 6) is 0.233. The second-order valence-corrected chi connectivity index (χ2v) is 5.49. The van der Waals surface area contributed by atoms with Crippen LogP contribution >= 0.6 is 0 Å². The summed E-state index contributed by atoms with van der Waals surface area (Å²) in [6.45, 7) is 8.93. The monoisotopic (exact) mass is 250 g/mol. The first-order chi connectivity index (χ1) is 8.37.